The zero-order valence-corrected chi connectivity index (χ0v) is 12.4. The number of aldehydes is 1. The van der Waals surface area contributed by atoms with E-state index in [0.29, 0.717) is 6.04 Å². The summed E-state index contributed by atoms with van der Waals surface area (Å²) in [7, 11) is 2.04. The molecule has 1 aromatic heterocycles. The normalized spacial score (nSPS) is 13.5. The van der Waals surface area contributed by atoms with Crippen molar-refractivity contribution in [3.05, 3.63) is 10.6 Å². The van der Waals surface area contributed by atoms with Crippen molar-refractivity contribution in [3.63, 3.8) is 0 Å². The number of hydrogen-bond acceptors (Lipinski definition) is 4. The van der Waals surface area contributed by atoms with Crippen LogP contribution < -0.4 is 4.90 Å². The Balaban J connectivity index is 3.00. The van der Waals surface area contributed by atoms with E-state index < -0.39 is 0 Å². The Morgan fingerprint density at radius 2 is 2.06 bits per heavy atom. The molecule has 0 aliphatic heterocycles. The maximum atomic E-state index is 10.9. The minimum Gasteiger partial charge on any atom is -0.348 e. The standard InChI is InChI=1S/C13H22N2OS/c1-7-10-11(8-16)17-12(14-10)15(6)9(2)13(3,4)5/h8-9H,7H2,1-6H3. The lowest BCUT2D eigenvalue weighted by Gasteiger charge is -2.35. The largest absolute Gasteiger partial charge is 0.348 e. The molecule has 0 saturated heterocycles. The second kappa shape index (κ2) is 5.17. The first kappa shape index (κ1) is 14.2. The molecule has 1 heterocycles. The predicted octanol–water partition coefficient (Wildman–Crippen LogP) is 3.39. The Hall–Kier alpha value is -0.900. The number of thiazole rings is 1. The first-order valence-electron chi connectivity index (χ1n) is 5.99. The van der Waals surface area contributed by atoms with Crippen LogP contribution in [0.25, 0.3) is 0 Å². The van der Waals surface area contributed by atoms with E-state index in [1.165, 1.54) is 11.3 Å². The molecule has 0 aromatic carbocycles. The van der Waals surface area contributed by atoms with Crippen LogP contribution in [0.1, 0.15) is 50.0 Å². The van der Waals surface area contributed by atoms with Crippen molar-refractivity contribution in [2.75, 3.05) is 11.9 Å². The third-order valence-electron chi connectivity index (χ3n) is 3.29. The summed E-state index contributed by atoms with van der Waals surface area (Å²) in [5, 5.41) is 0.936. The number of aryl methyl sites for hydroxylation is 1. The van der Waals surface area contributed by atoms with Gasteiger partial charge >= 0.3 is 0 Å². The van der Waals surface area contributed by atoms with Gasteiger partial charge in [-0.25, -0.2) is 4.98 Å². The van der Waals surface area contributed by atoms with Crippen LogP contribution >= 0.6 is 11.3 Å². The Kier molecular flexibility index (Phi) is 4.31. The lowest BCUT2D eigenvalue weighted by Crippen LogP contribution is -2.39. The molecule has 4 heteroatoms. The Labute approximate surface area is 108 Å². The third-order valence-corrected chi connectivity index (χ3v) is 4.41. The number of rotatable bonds is 4. The van der Waals surface area contributed by atoms with Gasteiger partial charge in [0.25, 0.3) is 0 Å². The first-order chi connectivity index (χ1) is 7.81. The molecule has 0 amide bonds. The van der Waals surface area contributed by atoms with Crippen LogP contribution in [0.5, 0.6) is 0 Å². The number of nitrogens with zero attached hydrogens (tertiary/aromatic N) is 2. The zero-order chi connectivity index (χ0) is 13.2. The van der Waals surface area contributed by atoms with Gasteiger partial charge in [-0.05, 0) is 18.8 Å². The molecule has 0 spiro atoms. The van der Waals surface area contributed by atoms with Crippen LogP contribution in [-0.2, 0) is 6.42 Å². The SMILES string of the molecule is CCc1nc(N(C)C(C)C(C)(C)C)sc1C=O. The van der Waals surface area contributed by atoms with Crippen LogP contribution in [0.4, 0.5) is 5.13 Å². The van der Waals surface area contributed by atoms with Gasteiger partial charge in [0.05, 0.1) is 10.6 Å². The summed E-state index contributed by atoms with van der Waals surface area (Å²) in [6, 6.07) is 0.373. The van der Waals surface area contributed by atoms with Crippen molar-refractivity contribution in [1.82, 2.24) is 4.98 Å². The van der Waals surface area contributed by atoms with Gasteiger partial charge in [0.1, 0.15) is 0 Å². The number of anilines is 1. The fourth-order valence-corrected chi connectivity index (χ4v) is 2.60. The van der Waals surface area contributed by atoms with Crippen LogP contribution in [0.3, 0.4) is 0 Å². The molecular weight excluding hydrogens is 232 g/mol. The Morgan fingerprint density at radius 3 is 2.41 bits per heavy atom. The van der Waals surface area contributed by atoms with Crippen LogP contribution in [-0.4, -0.2) is 24.4 Å². The van der Waals surface area contributed by atoms with E-state index in [2.05, 4.69) is 37.6 Å². The number of hydrogen-bond donors (Lipinski definition) is 0. The van der Waals surface area contributed by atoms with E-state index >= 15 is 0 Å². The van der Waals surface area contributed by atoms with Gasteiger partial charge in [0.2, 0.25) is 0 Å². The molecule has 0 bridgehead atoms. The Morgan fingerprint density at radius 1 is 1.47 bits per heavy atom. The van der Waals surface area contributed by atoms with E-state index in [0.717, 1.165) is 28.4 Å². The summed E-state index contributed by atoms with van der Waals surface area (Å²) in [5.41, 5.74) is 1.10. The highest BCUT2D eigenvalue weighted by Gasteiger charge is 2.26. The van der Waals surface area contributed by atoms with Crippen LogP contribution in [0, 0.1) is 5.41 Å². The summed E-state index contributed by atoms with van der Waals surface area (Å²) in [6.07, 6.45) is 1.72. The molecule has 0 fully saturated rings. The minimum absolute atomic E-state index is 0.189. The second-order valence-electron chi connectivity index (χ2n) is 5.43. The molecule has 1 atom stereocenters. The molecular formula is C13H22N2OS. The number of aromatic nitrogens is 1. The molecule has 0 aliphatic rings. The fraction of sp³-hybridized carbons (Fsp3) is 0.692. The molecule has 1 unspecified atom stereocenters. The van der Waals surface area contributed by atoms with Gasteiger partial charge in [-0.15, -0.1) is 0 Å². The van der Waals surface area contributed by atoms with E-state index in [1.807, 2.05) is 14.0 Å². The molecule has 0 N–H and O–H groups in total. The zero-order valence-electron chi connectivity index (χ0n) is 11.6. The summed E-state index contributed by atoms with van der Waals surface area (Å²) in [4.78, 5) is 18.4. The molecule has 0 saturated carbocycles. The fourth-order valence-electron chi connectivity index (χ4n) is 1.59. The highest BCUT2D eigenvalue weighted by Crippen LogP contribution is 2.31. The maximum Gasteiger partial charge on any atom is 0.186 e. The van der Waals surface area contributed by atoms with Crippen molar-refractivity contribution >= 4 is 22.8 Å². The van der Waals surface area contributed by atoms with E-state index in [4.69, 9.17) is 0 Å². The maximum absolute atomic E-state index is 10.9. The first-order valence-corrected chi connectivity index (χ1v) is 6.80. The number of carbonyl (C=O) groups excluding carboxylic acids is 1. The lowest BCUT2D eigenvalue weighted by molar-refractivity contribution is 0.112. The van der Waals surface area contributed by atoms with Gasteiger partial charge in [-0.2, -0.15) is 0 Å². The minimum atomic E-state index is 0.189. The molecule has 0 aliphatic carbocycles. The summed E-state index contributed by atoms with van der Waals surface area (Å²) in [5.74, 6) is 0. The topological polar surface area (TPSA) is 33.2 Å². The molecule has 1 aromatic rings. The van der Waals surface area contributed by atoms with Crippen molar-refractivity contribution in [2.24, 2.45) is 5.41 Å². The molecule has 1 rings (SSSR count). The summed E-state index contributed by atoms with van der Waals surface area (Å²) >= 11 is 1.48. The van der Waals surface area contributed by atoms with Gasteiger partial charge in [0, 0.05) is 13.1 Å². The van der Waals surface area contributed by atoms with Crippen LogP contribution in [0.2, 0.25) is 0 Å². The van der Waals surface area contributed by atoms with Crippen LogP contribution in [0.15, 0.2) is 0 Å². The molecule has 17 heavy (non-hydrogen) atoms. The quantitative estimate of drug-likeness (QED) is 0.772. The highest BCUT2D eigenvalue weighted by molar-refractivity contribution is 7.17. The van der Waals surface area contributed by atoms with E-state index in [-0.39, 0.29) is 5.41 Å². The second-order valence-corrected chi connectivity index (χ2v) is 6.44. The average Bonchev–Trinajstić information content (AvgIpc) is 2.68. The summed E-state index contributed by atoms with van der Waals surface area (Å²) < 4.78 is 0. The highest BCUT2D eigenvalue weighted by atomic mass is 32.1. The monoisotopic (exact) mass is 254 g/mol. The van der Waals surface area contributed by atoms with Crippen molar-refractivity contribution in [2.45, 2.75) is 47.1 Å². The lowest BCUT2D eigenvalue weighted by atomic mass is 9.87. The predicted molar refractivity (Wildman–Crippen MR) is 74.2 cm³/mol. The van der Waals surface area contributed by atoms with Gasteiger partial charge in [-0.3, -0.25) is 4.79 Å². The van der Waals surface area contributed by atoms with Crippen molar-refractivity contribution in [1.29, 1.82) is 0 Å². The molecule has 96 valence electrons. The smallest absolute Gasteiger partial charge is 0.186 e. The third kappa shape index (κ3) is 3.06. The van der Waals surface area contributed by atoms with Crippen molar-refractivity contribution in [3.8, 4) is 0 Å². The molecule has 3 nitrogen and oxygen atoms in total. The Bertz CT molecular complexity index is 393. The van der Waals surface area contributed by atoms with Gasteiger partial charge in [0.15, 0.2) is 11.4 Å². The number of carbonyl (C=O) groups is 1. The average molecular weight is 254 g/mol. The summed E-state index contributed by atoms with van der Waals surface area (Å²) in [6.45, 7) is 10.8. The van der Waals surface area contributed by atoms with Gasteiger partial charge in [-0.1, -0.05) is 39.0 Å². The van der Waals surface area contributed by atoms with E-state index in [9.17, 15) is 4.79 Å². The van der Waals surface area contributed by atoms with E-state index in [1.54, 1.807) is 0 Å². The molecule has 0 radical (unpaired) electrons. The van der Waals surface area contributed by atoms with Gasteiger partial charge < -0.3 is 4.90 Å². The van der Waals surface area contributed by atoms with Crippen molar-refractivity contribution < 1.29 is 4.79 Å².